The number of hydrogen-bond donors (Lipinski definition) is 2. The van der Waals surface area contributed by atoms with Crippen LogP contribution in [0.3, 0.4) is 0 Å². The van der Waals surface area contributed by atoms with Crippen LogP contribution < -0.4 is 5.32 Å². The first kappa shape index (κ1) is 18.3. The fourth-order valence-electron chi connectivity index (χ4n) is 2.49. The molecular formula is C16H11Cl2F3N4O. The number of nitrogens with zero attached hydrogens (tertiary/aromatic N) is 2. The van der Waals surface area contributed by atoms with Crippen LogP contribution in [0.25, 0.3) is 11.1 Å². The quantitative estimate of drug-likeness (QED) is 0.647. The fraction of sp³-hybridized carbons (Fsp3) is 0.125. The third-order valence-electron chi connectivity index (χ3n) is 3.55. The second-order valence-electron chi connectivity index (χ2n) is 5.38. The Hall–Kier alpha value is -2.45. The smallest absolute Gasteiger partial charge is 0.357 e. The normalized spacial score (nSPS) is 11.6. The molecule has 3 aromatic rings. The van der Waals surface area contributed by atoms with Crippen molar-refractivity contribution in [2.75, 3.05) is 5.32 Å². The topological polar surface area (TPSA) is 62.7 Å². The Labute approximate surface area is 155 Å². The maximum Gasteiger partial charge on any atom is 0.437 e. The van der Waals surface area contributed by atoms with E-state index in [1.807, 2.05) is 0 Å². The lowest BCUT2D eigenvalue weighted by Gasteiger charge is -2.10. The van der Waals surface area contributed by atoms with Gasteiger partial charge in [-0.2, -0.15) is 18.3 Å². The molecule has 1 aromatic carbocycles. The van der Waals surface area contributed by atoms with Gasteiger partial charge in [-0.15, -0.1) is 0 Å². The van der Waals surface area contributed by atoms with Crippen molar-refractivity contribution < 1.29 is 18.0 Å². The highest BCUT2D eigenvalue weighted by Crippen LogP contribution is 2.37. The Kier molecular flexibility index (Phi) is 4.72. The summed E-state index contributed by atoms with van der Waals surface area (Å²) in [6.07, 6.45) is -2.15. The number of rotatable bonds is 3. The molecule has 2 aromatic heterocycles. The number of carbonyl (C=O) groups excluding carboxylic acids is 1. The lowest BCUT2D eigenvalue weighted by molar-refractivity contribution is -0.140. The van der Waals surface area contributed by atoms with E-state index in [2.05, 4.69) is 15.4 Å². The van der Waals surface area contributed by atoms with Gasteiger partial charge in [0, 0.05) is 40.6 Å². The van der Waals surface area contributed by atoms with Gasteiger partial charge in [-0.3, -0.25) is 9.48 Å². The molecule has 1 amide bonds. The molecule has 0 atom stereocenters. The predicted molar refractivity (Wildman–Crippen MR) is 92.4 cm³/mol. The molecule has 0 aliphatic rings. The number of benzene rings is 1. The molecule has 0 fully saturated rings. The first-order chi connectivity index (χ1) is 12.2. The van der Waals surface area contributed by atoms with Crippen LogP contribution in [0.4, 0.5) is 18.9 Å². The van der Waals surface area contributed by atoms with Crippen molar-refractivity contribution in [2.24, 2.45) is 7.05 Å². The van der Waals surface area contributed by atoms with Crippen LogP contribution in [0.2, 0.25) is 10.0 Å². The summed E-state index contributed by atoms with van der Waals surface area (Å²) in [6, 6.07) is 6.41. The molecule has 0 bridgehead atoms. The summed E-state index contributed by atoms with van der Waals surface area (Å²) in [5.41, 5.74) is -0.829. The SMILES string of the molecule is Cn1cc(NC(=O)c2[nH]ccc2-c2c(Cl)cccc2Cl)c(C(F)(F)F)n1. The molecule has 3 rings (SSSR count). The lowest BCUT2D eigenvalue weighted by atomic mass is 10.1. The van der Waals surface area contributed by atoms with E-state index in [0.717, 1.165) is 10.9 Å². The number of H-pyrrole nitrogens is 1. The van der Waals surface area contributed by atoms with Crippen molar-refractivity contribution in [3.8, 4) is 11.1 Å². The zero-order valence-electron chi connectivity index (χ0n) is 13.2. The van der Waals surface area contributed by atoms with Crippen LogP contribution in [0.15, 0.2) is 36.7 Å². The number of carbonyl (C=O) groups is 1. The number of alkyl halides is 3. The second kappa shape index (κ2) is 6.69. The number of hydrogen-bond acceptors (Lipinski definition) is 2. The Morgan fingerprint density at radius 3 is 2.50 bits per heavy atom. The zero-order valence-corrected chi connectivity index (χ0v) is 14.7. The van der Waals surface area contributed by atoms with Gasteiger partial charge >= 0.3 is 6.18 Å². The van der Waals surface area contributed by atoms with Crippen LogP contribution in [-0.2, 0) is 13.2 Å². The van der Waals surface area contributed by atoms with Crippen molar-refractivity contribution in [2.45, 2.75) is 6.18 Å². The van der Waals surface area contributed by atoms with Gasteiger partial charge in [-0.1, -0.05) is 29.3 Å². The van der Waals surface area contributed by atoms with E-state index in [-0.39, 0.29) is 5.69 Å². The van der Waals surface area contributed by atoms with Crippen LogP contribution >= 0.6 is 23.2 Å². The number of aryl methyl sites for hydroxylation is 1. The monoisotopic (exact) mass is 402 g/mol. The van der Waals surface area contributed by atoms with Crippen LogP contribution in [0.1, 0.15) is 16.2 Å². The average molecular weight is 403 g/mol. The molecule has 0 radical (unpaired) electrons. The van der Waals surface area contributed by atoms with E-state index in [1.54, 1.807) is 24.3 Å². The predicted octanol–water partition coefficient (Wildman–Crippen LogP) is 4.99. The molecule has 26 heavy (non-hydrogen) atoms. The van der Waals surface area contributed by atoms with Crippen LogP contribution in [-0.4, -0.2) is 20.7 Å². The van der Waals surface area contributed by atoms with E-state index in [0.29, 0.717) is 21.2 Å². The molecule has 0 saturated heterocycles. The van der Waals surface area contributed by atoms with E-state index >= 15 is 0 Å². The summed E-state index contributed by atoms with van der Waals surface area (Å²) in [7, 11) is 1.33. The minimum atomic E-state index is -4.70. The van der Waals surface area contributed by atoms with Gasteiger partial charge in [0.15, 0.2) is 5.69 Å². The summed E-state index contributed by atoms with van der Waals surface area (Å²) < 4.78 is 40.1. The first-order valence-corrected chi connectivity index (χ1v) is 7.98. The molecule has 0 spiro atoms. The fourth-order valence-corrected chi connectivity index (χ4v) is 3.10. The number of nitrogens with one attached hydrogen (secondary N) is 2. The lowest BCUT2D eigenvalue weighted by Crippen LogP contribution is -2.17. The van der Waals surface area contributed by atoms with E-state index in [1.165, 1.54) is 13.2 Å². The molecule has 2 heterocycles. The molecule has 136 valence electrons. The minimum absolute atomic E-state index is 0.0250. The molecule has 0 aliphatic heterocycles. The third kappa shape index (κ3) is 3.42. The van der Waals surface area contributed by atoms with Crippen molar-refractivity contribution >= 4 is 34.8 Å². The van der Waals surface area contributed by atoms with Gasteiger partial charge in [0.2, 0.25) is 0 Å². The highest BCUT2D eigenvalue weighted by Gasteiger charge is 2.37. The van der Waals surface area contributed by atoms with Crippen LogP contribution in [0, 0.1) is 0 Å². The number of anilines is 1. The zero-order chi connectivity index (χ0) is 19.1. The summed E-state index contributed by atoms with van der Waals surface area (Å²) >= 11 is 12.3. The van der Waals surface area contributed by atoms with Gasteiger partial charge in [-0.05, 0) is 18.2 Å². The van der Waals surface area contributed by atoms with Gasteiger partial charge in [0.25, 0.3) is 5.91 Å². The standard InChI is InChI=1S/C16H11Cl2F3N4O/c1-25-7-11(14(24-25)16(19,20)21)23-15(26)13-8(5-6-22-13)12-9(17)3-2-4-10(12)18/h2-7,22H,1H3,(H,23,26). The summed E-state index contributed by atoms with van der Waals surface area (Å²) in [6.45, 7) is 0. The van der Waals surface area contributed by atoms with Crippen molar-refractivity contribution in [1.29, 1.82) is 0 Å². The third-order valence-corrected chi connectivity index (χ3v) is 4.18. The highest BCUT2D eigenvalue weighted by molar-refractivity contribution is 6.39. The largest absolute Gasteiger partial charge is 0.437 e. The van der Waals surface area contributed by atoms with Gasteiger partial charge in [-0.25, -0.2) is 0 Å². The molecule has 10 heteroatoms. The maximum atomic E-state index is 13.0. The number of aromatic nitrogens is 3. The number of aromatic amines is 1. The summed E-state index contributed by atoms with van der Waals surface area (Å²) in [5, 5.41) is 6.20. The Bertz CT molecular complexity index is 958. The highest BCUT2D eigenvalue weighted by atomic mass is 35.5. The molecule has 5 nitrogen and oxygen atoms in total. The van der Waals surface area contributed by atoms with Crippen molar-refractivity contribution in [3.05, 3.63) is 58.1 Å². The van der Waals surface area contributed by atoms with Gasteiger partial charge in [0.05, 0.1) is 5.69 Å². The Morgan fingerprint density at radius 2 is 1.88 bits per heavy atom. The molecule has 0 aliphatic carbocycles. The Balaban J connectivity index is 1.98. The van der Waals surface area contributed by atoms with Crippen molar-refractivity contribution in [3.63, 3.8) is 0 Å². The molecule has 2 N–H and O–H groups in total. The van der Waals surface area contributed by atoms with Crippen LogP contribution in [0.5, 0.6) is 0 Å². The van der Waals surface area contributed by atoms with Crippen molar-refractivity contribution in [1.82, 2.24) is 14.8 Å². The molecule has 0 saturated carbocycles. The number of halogens is 5. The van der Waals surface area contributed by atoms with Gasteiger partial charge in [0.1, 0.15) is 5.69 Å². The van der Waals surface area contributed by atoms with E-state index in [9.17, 15) is 18.0 Å². The van der Waals surface area contributed by atoms with Gasteiger partial charge < -0.3 is 10.3 Å². The first-order valence-electron chi connectivity index (χ1n) is 7.22. The maximum absolute atomic E-state index is 13.0. The molecule has 0 unspecified atom stereocenters. The summed E-state index contributed by atoms with van der Waals surface area (Å²) in [4.78, 5) is 15.3. The minimum Gasteiger partial charge on any atom is -0.357 e. The average Bonchev–Trinajstić information content (AvgIpc) is 3.13. The number of amides is 1. The Morgan fingerprint density at radius 1 is 1.23 bits per heavy atom. The molecular weight excluding hydrogens is 392 g/mol. The van der Waals surface area contributed by atoms with E-state index < -0.39 is 23.5 Å². The second-order valence-corrected chi connectivity index (χ2v) is 6.19. The summed E-state index contributed by atoms with van der Waals surface area (Å²) in [5.74, 6) is -0.778. The van der Waals surface area contributed by atoms with E-state index in [4.69, 9.17) is 23.2 Å².